The first-order chi connectivity index (χ1) is 10.5. The van der Waals surface area contributed by atoms with Crippen LogP contribution < -0.4 is 4.72 Å². The molecule has 0 saturated heterocycles. The highest BCUT2D eigenvalue weighted by atomic mass is 32.2. The molecule has 2 aromatic rings. The number of hydrogen-bond donors (Lipinski definition) is 1. The normalized spacial score (nSPS) is 12.2. The van der Waals surface area contributed by atoms with Crippen molar-refractivity contribution < 1.29 is 13.2 Å². The van der Waals surface area contributed by atoms with Gasteiger partial charge < -0.3 is 0 Å². The van der Waals surface area contributed by atoms with Gasteiger partial charge in [-0.3, -0.25) is 14.2 Å². The summed E-state index contributed by atoms with van der Waals surface area (Å²) in [5, 5.41) is 4.28. The molecule has 0 aliphatic rings. The zero-order valence-electron chi connectivity index (χ0n) is 13.9. The lowest BCUT2D eigenvalue weighted by molar-refractivity contribution is 0.101. The summed E-state index contributed by atoms with van der Waals surface area (Å²) < 4.78 is 29.4. The second kappa shape index (κ2) is 5.81. The number of nitrogens with one attached hydrogen (secondary N) is 1. The number of ketones is 1. The third kappa shape index (κ3) is 3.79. The van der Waals surface area contributed by atoms with Gasteiger partial charge in [0.15, 0.2) is 5.78 Å². The lowest BCUT2D eigenvalue weighted by Gasteiger charge is -2.17. The van der Waals surface area contributed by atoms with Crippen molar-refractivity contribution in [2.45, 2.75) is 38.0 Å². The van der Waals surface area contributed by atoms with Gasteiger partial charge in [-0.15, -0.1) is 0 Å². The van der Waals surface area contributed by atoms with Gasteiger partial charge in [-0.2, -0.15) is 5.10 Å². The van der Waals surface area contributed by atoms with Crippen molar-refractivity contribution in [3.8, 4) is 0 Å². The fourth-order valence-electron chi connectivity index (χ4n) is 2.19. The fourth-order valence-corrected chi connectivity index (χ4v) is 3.63. The van der Waals surface area contributed by atoms with E-state index in [2.05, 4.69) is 9.82 Å². The first-order valence-electron chi connectivity index (χ1n) is 7.18. The van der Waals surface area contributed by atoms with E-state index < -0.39 is 15.4 Å². The van der Waals surface area contributed by atoms with Gasteiger partial charge in [0.1, 0.15) is 4.90 Å². The average Bonchev–Trinajstić information content (AvgIpc) is 2.81. The number of aryl methyl sites for hydroxylation is 1. The van der Waals surface area contributed by atoms with E-state index in [4.69, 9.17) is 0 Å². The van der Waals surface area contributed by atoms with Crippen molar-refractivity contribution in [3.63, 3.8) is 0 Å². The molecule has 0 amide bonds. The Hall–Kier alpha value is -2.15. The van der Waals surface area contributed by atoms with E-state index >= 15 is 0 Å². The number of nitrogens with zero attached hydrogens (tertiary/aromatic N) is 2. The van der Waals surface area contributed by atoms with Crippen molar-refractivity contribution in [2.75, 3.05) is 4.72 Å². The van der Waals surface area contributed by atoms with Crippen LogP contribution in [0.15, 0.2) is 35.4 Å². The maximum Gasteiger partial charge on any atom is 0.265 e. The molecule has 0 fully saturated rings. The van der Waals surface area contributed by atoms with E-state index in [0.29, 0.717) is 16.9 Å². The van der Waals surface area contributed by atoms with Gasteiger partial charge in [-0.1, -0.05) is 32.9 Å². The standard InChI is InChI=1S/C16H21N3O3S/c1-11(20)12-7-6-8-13(9-12)18-23(21,22)14-10-19(5)17-15(14)16(2,3)4/h6-10,18H,1-5H3. The molecule has 6 nitrogen and oxygen atoms in total. The van der Waals surface area contributed by atoms with Gasteiger partial charge >= 0.3 is 0 Å². The highest BCUT2D eigenvalue weighted by Crippen LogP contribution is 2.28. The van der Waals surface area contributed by atoms with Crippen LogP contribution in [0.1, 0.15) is 43.7 Å². The van der Waals surface area contributed by atoms with E-state index in [-0.39, 0.29) is 10.7 Å². The monoisotopic (exact) mass is 335 g/mol. The maximum atomic E-state index is 12.7. The summed E-state index contributed by atoms with van der Waals surface area (Å²) in [7, 11) is -2.11. The summed E-state index contributed by atoms with van der Waals surface area (Å²) >= 11 is 0. The lowest BCUT2D eigenvalue weighted by Crippen LogP contribution is -2.20. The molecular weight excluding hydrogens is 314 g/mol. The van der Waals surface area contributed by atoms with Crippen LogP contribution in [-0.2, 0) is 22.5 Å². The summed E-state index contributed by atoms with van der Waals surface area (Å²) in [6.45, 7) is 7.16. The highest BCUT2D eigenvalue weighted by molar-refractivity contribution is 7.92. The minimum Gasteiger partial charge on any atom is -0.295 e. The summed E-state index contributed by atoms with van der Waals surface area (Å²) in [5.41, 5.74) is 0.885. The number of carbonyl (C=O) groups excluding carboxylic acids is 1. The minimum absolute atomic E-state index is 0.122. The van der Waals surface area contributed by atoms with Crippen molar-refractivity contribution in [3.05, 3.63) is 41.7 Å². The van der Waals surface area contributed by atoms with Crippen LogP contribution in [0.5, 0.6) is 0 Å². The smallest absolute Gasteiger partial charge is 0.265 e. The second-order valence-electron chi connectivity index (χ2n) is 6.51. The van der Waals surface area contributed by atoms with Gasteiger partial charge in [-0.05, 0) is 19.1 Å². The molecule has 2 rings (SSSR count). The fraction of sp³-hybridized carbons (Fsp3) is 0.375. The molecule has 124 valence electrons. The van der Waals surface area contributed by atoms with Crippen LogP contribution in [-0.4, -0.2) is 24.0 Å². The molecule has 0 aliphatic carbocycles. The Kier molecular flexibility index (Phi) is 4.34. The van der Waals surface area contributed by atoms with Crippen LogP contribution in [0.2, 0.25) is 0 Å². The molecule has 0 unspecified atom stereocenters. The predicted octanol–water partition coefficient (Wildman–Crippen LogP) is 2.72. The predicted molar refractivity (Wildman–Crippen MR) is 89.2 cm³/mol. The zero-order chi connectivity index (χ0) is 17.4. The van der Waals surface area contributed by atoms with E-state index in [1.165, 1.54) is 23.9 Å². The summed E-state index contributed by atoms with van der Waals surface area (Å²) in [6.07, 6.45) is 1.48. The lowest BCUT2D eigenvalue weighted by atomic mass is 9.92. The molecule has 0 atom stereocenters. The summed E-state index contributed by atoms with van der Waals surface area (Å²) in [6, 6.07) is 6.41. The van der Waals surface area contributed by atoms with E-state index in [1.807, 2.05) is 20.8 Å². The Labute approximate surface area is 136 Å². The number of carbonyl (C=O) groups is 1. The molecule has 23 heavy (non-hydrogen) atoms. The quantitative estimate of drug-likeness (QED) is 0.871. The molecule has 0 saturated carbocycles. The van der Waals surface area contributed by atoms with E-state index in [0.717, 1.165) is 0 Å². The van der Waals surface area contributed by atoms with Gasteiger partial charge in [0, 0.05) is 29.9 Å². The summed E-state index contributed by atoms with van der Waals surface area (Å²) in [5.74, 6) is -0.122. The van der Waals surface area contributed by atoms with Crippen molar-refractivity contribution in [1.29, 1.82) is 0 Å². The van der Waals surface area contributed by atoms with Crippen molar-refractivity contribution in [2.24, 2.45) is 7.05 Å². The molecule has 0 spiro atoms. The third-order valence-corrected chi connectivity index (χ3v) is 4.70. The largest absolute Gasteiger partial charge is 0.295 e. The van der Waals surface area contributed by atoms with Gasteiger partial charge in [0.05, 0.1) is 5.69 Å². The van der Waals surface area contributed by atoms with E-state index in [9.17, 15) is 13.2 Å². The van der Waals surface area contributed by atoms with Crippen LogP contribution in [0.4, 0.5) is 5.69 Å². The molecule has 0 aliphatic heterocycles. The molecule has 1 heterocycles. The van der Waals surface area contributed by atoms with Crippen LogP contribution in [0.3, 0.4) is 0 Å². The summed E-state index contributed by atoms with van der Waals surface area (Å²) in [4.78, 5) is 11.6. The number of benzene rings is 1. The molecule has 7 heteroatoms. The van der Waals surface area contributed by atoms with Crippen molar-refractivity contribution in [1.82, 2.24) is 9.78 Å². The Balaban J connectivity index is 2.44. The Morgan fingerprint density at radius 2 is 1.91 bits per heavy atom. The van der Waals surface area contributed by atoms with Crippen molar-refractivity contribution >= 4 is 21.5 Å². The number of aromatic nitrogens is 2. The molecule has 0 bridgehead atoms. The van der Waals surface area contributed by atoms with Crippen LogP contribution >= 0.6 is 0 Å². The number of hydrogen-bond acceptors (Lipinski definition) is 4. The van der Waals surface area contributed by atoms with Crippen LogP contribution in [0.25, 0.3) is 0 Å². The first kappa shape index (κ1) is 17.2. The second-order valence-corrected chi connectivity index (χ2v) is 8.16. The molecular formula is C16H21N3O3S. The maximum absolute atomic E-state index is 12.7. The SMILES string of the molecule is CC(=O)c1cccc(NS(=O)(=O)c2cn(C)nc2C(C)(C)C)c1. The Morgan fingerprint density at radius 3 is 2.48 bits per heavy atom. The third-order valence-electron chi connectivity index (χ3n) is 3.32. The number of Topliss-reactive ketones (excluding diaryl/α,β-unsaturated/α-hetero) is 1. The Morgan fingerprint density at radius 1 is 1.26 bits per heavy atom. The number of rotatable bonds is 4. The topological polar surface area (TPSA) is 81.1 Å². The molecule has 1 aromatic carbocycles. The highest BCUT2D eigenvalue weighted by Gasteiger charge is 2.29. The zero-order valence-corrected chi connectivity index (χ0v) is 14.7. The van der Waals surface area contributed by atoms with E-state index in [1.54, 1.807) is 25.2 Å². The van der Waals surface area contributed by atoms with Gasteiger partial charge in [0.2, 0.25) is 0 Å². The van der Waals surface area contributed by atoms with Gasteiger partial charge in [0.25, 0.3) is 10.0 Å². The number of sulfonamides is 1. The molecule has 0 radical (unpaired) electrons. The van der Waals surface area contributed by atoms with Crippen LogP contribution in [0, 0.1) is 0 Å². The Bertz CT molecular complexity index is 846. The average molecular weight is 335 g/mol. The molecule has 1 aromatic heterocycles. The molecule has 1 N–H and O–H groups in total. The minimum atomic E-state index is -3.79. The van der Waals surface area contributed by atoms with Gasteiger partial charge in [-0.25, -0.2) is 8.42 Å². The first-order valence-corrected chi connectivity index (χ1v) is 8.67. The number of anilines is 1.